The summed E-state index contributed by atoms with van der Waals surface area (Å²) in [6.07, 6.45) is 0.394. The van der Waals surface area contributed by atoms with E-state index in [2.05, 4.69) is 0 Å². The molecule has 12 heavy (non-hydrogen) atoms. The summed E-state index contributed by atoms with van der Waals surface area (Å²) in [6, 6.07) is -0.768. The largest absolute Gasteiger partial charge is 0.323 e. The molecule has 0 aromatic heterocycles. The first-order valence-corrected chi connectivity index (χ1v) is 4.31. The number of hydrogen-bond donors (Lipinski definition) is 1. The van der Waals surface area contributed by atoms with E-state index in [1.807, 2.05) is 13.8 Å². The molecule has 0 spiro atoms. The Labute approximate surface area is 71.7 Å². The van der Waals surface area contributed by atoms with Crippen molar-refractivity contribution in [3.63, 3.8) is 0 Å². The minimum Gasteiger partial charge on any atom is -0.323 e. The Morgan fingerprint density at radius 2 is 2.08 bits per heavy atom. The lowest BCUT2D eigenvalue weighted by atomic mass is 10.0. The van der Waals surface area contributed by atoms with Crippen molar-refractivity contribution in [1.29, 1.82) is 0 Å². The van der Waals surface area contributed by atoms with Gasteiger partial charge in [0.15, 0.2) is 0 Å². The van der Waals surface area contributed by atoms with E-state index in [1.54, 1.807) is 4.90 Å². The van der Waals surface area contributed by atoms with Crippen LogP contribution in [0.1, 0.15) is 20.3 Å². The Balaban J connectivity index is 2.57. The lowest BCUT2D eigenvalue weighted by molar-refractivity contribution is -0.0866. The molecule has 0 aromatic carbocycles. The van der Waals surface area contributed by atoms with Crippen LogP contribution in [-0.4, -0.2) is 36.0 Å². The zero-order chi connectivity index (χ0) is 9.35. The van der Waals surface area contributed by atoms with Crippen LogP contribution in [0.15, 0.2) is 0 Å². The van der Waals surface area contributed by atoms with Gasteiger partial charge in [0.05, 0.1) is 12.6 Å². The van der Waals surface area contributed by atoms with Gasteiger partial charge in [-0.25, -0.2) is 8.78 Å². The number of hydrogen-bond acceptors (Lipinski definition) is 2. The predicted octanol–water partition coefficient (Wildman–Crippen LogP) is 1.06. The van der Waals surface area contributed by atoms with Gasteiger partial charge in [0.25, 0.3) is 5.92 Å². The van der Waals surface area contributed by atoms with E-state index in [0.29, 0.717) is 13.0 Å². The summed E-state index contributed by atoms with van der Waals surface area (Å²) in [5, 5.41) is 0. The zero-order valence-electron chi connectivity index (χ0n) is 7.56. The first-order valence-electron chi connectivity index (χ1n) is 4.31. The van der Waals surface area contributed by atoms with E-state index >= 15 is 0 Å². The molecule has 1 aliphatic heterocycles. The molecular formula is C8H16F2N2. The highest BCUT2D eigenvalue weighted by atomic mass is 19.3. The fourth-order valence-electron chi connectivity index (χ4n) is 1.42. The van der Waals surface area contributed by atoms with Crippen molar-refractivity contribution in [2.75, 3.05) is 13.1 Å². The van der Waals surface area contributed by atoms with Crippen molar-refractivity contribution in [2.24, 2.45) is 5.73 Å². The second-order valence-corrected chi connectivity index (χ2v) is 3.72. The Bertz CT molecular complexity index is 159. The maximum atomic E-state index is 13.0. The van der Waals surface area contributed by atoms with Crippen LogP contribution in [0.25, 0.3) is 0 Å². The third-order valence-corrected chi connectivity index (χ3v) is 2.41. The van der Waals surface area contributed by atoms with E-state index in [-0.39, 0.29) is 12.6 Å². The van der Waals surface area contributed by atoms with Crippen LogP contribution in [0.2, 0.25) is 0 Å². The molecule has 0 aromatic rings. The third kappa shape index (κ3) is 1.93. The zero-order valence-corrected chi connectivity index (χ0v) is 7.56. The SMILES string of the molecule is CC(C)N1CCC(N)C(F)(F)C1. The molecule has 1 saturated heterocycles. The predicted molar refractivity (Wildman–Crippen MR) is 44.2 cm³/mol. The van der Waals surface area contributed by atoms with Crippen LogP contribution in [0.4, 0.5) is 8.78 Å². The van der Waals surface area contributed by atoms with Crippen molar-refractivity contribution in [2.45, 2.75) is 38.3 Å². The standard InChI is InChI=1S/C8H16F2N2/c1-6(2)12-4-3-7(11)8(9,10)5-12/h6-7H,3-5,11H2,1-2H3. The molecule has 0 amide bonds. The van der Waals surface area contributed by atoms with Crippen molar-refractivity contribution >= 4 is 0 Å². The number of halogens is 2. The number of piperidine rings is 1. The first-order chi connectivity index (χ1) is 5.43. The third-order valence-electron chi connectivity index (χ3n) is 2.41. The van der Waals surface area contributed by atoms with Gasteiger partial charge in [0.2, 0.25) is 0 Å². The minimum atomic E-state index is -2.71. The highest BCUT2D eigenvalue weighted by Gasteiger charge is 2.42. The highest BCUT2D eigenvalue weighted by Crippen LogP contribution is 2.26. The molecule has 1 heterocycles. The number of nitrogens with two attached hydrogens (primary N) is 1. The molecule has 2 N–H and O–H groups in total. The second-order valence-electron chi connectivity index (χ2n) is 3.72. The van der Waals surface area contributed by atoms with E-state index in [0.717, 1.165) is 0 Å². The molecule has 1 fully saturated rings. The Morgan fingerprint density at radius 1 is 1.50 bits per heavy atom. The molecule has 1 atom stereocenters. The molecule has 1 unspecified atom stereocenters. The molecule has 72 valence electrons. The molecule has 0 bridgehead atoms. The smallest absolute Gasteiger partial charge is 0.275 e. The summed E-state index contributed by atoms with van der Waals surface area (Å²) < 4.78 is 26.1. The summed E-state index contributed by atoms with van der Waals surface area (Å²) in [5.74, 6) is -2.71. The number of likely N-dealkylation sites (tertiary alicyclic amines) is 1. The molecule has 0 radical (unpaired) electrons. The fourth-order valence-corrected chi connectivity index (χ4v) is 1.42. The normalized spacial score (nSPS) is 31.0. The van der Waals surface area contributed by atoms with Gasteiger partial charge in [-0.2, -0.15) is 0 Å². The van der Waals surface area contributed by atoms with Gasteiger partial charge >= 0.3 is 0 Å². The van der Waals surface area contributed by atoms with Gasteiger partial charge in [0, 0.05) is 12.6 Å². The molecular weight excluding hydrogens is 162 g/mol. The first kappa shape index (κ1) is 9.86. The van der Waals surface area contributed by atoms with Gasteiger partial charge in [-0.3, -0.25) is 4.90 Å². The Hall–Kier alpha value is -0.220. The molecule has 2 nitrogen and oxygen atoms in total. The van der Waals surface area contributed by atoms with Crippen molar-refractivity contribution in [3.8, 4) is 0 Å². The Kier molecular flexibility index (Phi) is 2.68. The van der Waals surface area contributed by atoms with Crippen LogP contribution in [-0.2, 0) is 0 Å². The topological polar surface area (TPSA) is 29.3 Å². The van der Waals surface area contributed by atoms with E-state index < -0.39 is 12.0 Å². The quantitative estimate of drug-likeness (QED) is 0.650. The maximum Gasteiger partial charge on any atom is 0.275 e. The van der Waals surface area contributed by atoms with Gasteiger partial charge in [-0.15, -0.1) is 0 Å². The van der Waals surface area contributed by atoms with E-state index in [4.69, 9.17) is 5.73 Å². The number of rotatable bonds is 1. The lowest BCUT2D eigenvalue weighted by Gasteiger charge is -2.38. The second kappa shape index (κ2) is 3.26. The van der Waals surface area contributed by atoms with Crippen molar-refractivity contribution in [1.82, 2.24) is 4.90 Å². The van der Waals surface area contributed by atoms with Crippen LogP contribution in [0.3, 0.4) is 0 Å². The average Bonchev–Trinajstić information content (AvgIpc) is 1.94. The molecule has 1 aliphatic rings. The number of nitrogens with zero attached hydrogens (tertiary/aromatic N) is 1. The monoisotopic (exact) mass is 178 g/mol. The molecule has 4 heteroatoms. The van der Waals surface area contributed by atoms with Crippen LogP contribution >= 0.6 is 0 Å². The number of alkyl halides is 2. The lowest BCUT2D eigenvalue weighted by Crippen LogP contribution is -2.56. The summed E-state index contributed by atoms with van der Waals surface area (Å²) in [6.45, 7) is 4.35. The van der Waals surface area contributed by atoms with Gasteiger partial charge in [-0.1, -0.05) is 0 Å². The summed E-state index contributed by atoms with van der Waals surface area (Å²) in [7, 11) is 0. The average molecular weight is 178 g/mol. The fraction of sp³-hybridized carbons (Fsp3) is 1.00. The molecule has 0 aliphatic carbocycles. The minimum absolute atomic E-state index is 0.184. The van der Waals surface area contributed by atoms with E-state index in [1.165, 1.54) is 0 Å². The van der Waals surface area contributed by atoms with Gasteiger partial charge in [0.1, 0.15) is 0 Å². The van der Waals surface area contributed by atoms with Crippen LogP contribution in [0.5, 0.6) is 0 Å². The summed E-state index contributed by atoms with van der Waals surface area (Å²) >= 11 is 0. The highest BCUT2D eigenvalue weighted by molar-refractivity contribution is 4.90. The molecule has 1 rings (SSSR count). The van der Waals surface area contributed by atoms with Crippen molar-refractivity contribution in [3.05, 3.63) is 0 Å². The Morgan fingerprint density at radius 3 is 2.50 bits per heavy atom. The van der Waals surface area contributed by atoms with Crippen LogP contribution in [0, 0.1) is 0 Å². The summed E-state index contributed by atoms with van der Waals surface area (Å²) in [4.78, 5) is 1.77. The van der Waals surface area contributed by atoms with Gasteiger partial charge in [-0.05, 0) is 20.3 Å². The summed E-state index contributed by atoms with van der Waals surface area (Å²) in [5.41, 5.74) is 5.30. The van der Waals surface area contributed by atoms with E-state index in [9.17, 15) is 8.78 Å². The maximum absolute atomic E-state index is 13.0. The van der Waals surface area contributed by atoms with Gasteiger partial charge < -0.3 is 5.73 Å². The molecule has 0 saturated carbocycles. The van der Waals surface area contributed by atoms with Crippen LogP contribution < -0.4 is 5.73 Å². The van der Waals surface area contributed by atoms with Crippen molar-refractivity contribution < 1.29 is 8.78 Å².